The average molecular weight is 198 g/mol. The minimum atomic E-state index is -0.879. The van der Waals surface area contributed by atoms with E-state index in [9.17, 15) is 9.59 Å². The van der Waals surface area contributed by atoms with Gasteiger partial charge in [-0.2, -0.15) is 5.26 Å². The third-order valence-corrected chi connectivity index (χ3v) is 1.15. The number of benzene rings is 1. The molecule has 76 valence electrons. The van der Waals surface area contributed by atoms with Crippen LogP contribution in [-0.4, -0.2) is 22.3 Å². The molecule has 0 amide bonds. The quantitative estimate of drug-likeness (QED) is 0.526. The van der Waals surface area contributed by atoms with E-state index in [4.69, 9.17) is 10.4 Å². The number of carboxylic acid groups (broad SMARTS) is 1. The molecule has 5 nitrogen and oxygen atoms in total. The molecule has 1 aromatic rings. The second kappa shape index (κ2) is 6.62. The molecular formula is C9H10O5. The van der Waals surface area contributed by atoms with Crippen LogP contribution in [0.1, 0.15) is 17.3 Å². The van der Waals surface area contributed by atoms with Crippen molar-refractivity contribution in [3.63, 3.8) is 0 Å². The molecule has 2 N–H and O–H groups in total. The van der Waals surface area contributed by atoms with E-state index in [0.29, 0.717) is 5.56 Å². The summed E-state index contributed by atoms with van der Waals surface area (Å²) >= 11 is 0. The summed E-state index contributed by atoms with van der Waals surface area (Å²) in [4.78, 5) is 22.7. The molecule has 0 aliphatic rings. The van der Waals surface area contributed by atoms with Crippen molar-refractivity contribution in [2.75, 3.05) is 0 Å². The first-order chi connectivity index (χ1) is 6.57. The molecule has 0 aromatic heterocycles. The molecule has 0 saturated carbocycles. The Bertz CT molecular complexity index is 293. The molecule has 0 saturated heterocycles. The number of carbonyl (C=O) groups is 2. The van der Waals surface area contributed by atoms with Gasteiger partial charge in [0.05, 0.1) is 5.56 Å². The molecule has 0 aliphatic carbocycles. The lowest BCUT2D eigenvalue weighted by Gasteiger charge is -1.88. The maximum absolute atomic E-state index is 10.2. The van der Waals surface area contributed by atoms with Gasteiger partial charge in [0.25, 0.3) is 0 Å². The molecule has 1 aromatic carbocycles. The lowest BCUT2D eigenvalue weighted by Crippen LogP contribution is -1.93. The molecule has 0 radical (unpaired) electrons. The summed E-state index contributed by atoms with van der Waals surface area (Å²) in [5.74, 6) is -1.57. The fraction of sp³-hybridized carbons (Fsp3) is 0.111. The van der Waals surface area contributed by atoms with Crippen LogP contribution in [-0.2, 0) is 9.68 Å². The molecule has 5 heteroatoms. The highest BCUT2D eigenvalue weighted by Gasteiger charge is 1.96. The number of aromatic carboxylic acids is 1. The third-order valence-electron chi connectivity index (χ3n) is 1.15. The van der Waals surface area contributed by atoms with Gasteiger partial charge >= 0.3 is 11.9 Å². The Labute approximate surface area is 80.5 Å². The average Bonchev–Trinajstić information content (AvgIpc) is 2.20. The lowest BCUT2D eigenvalue weighted by atomic mass is 10.2. The maximum Gasteiger partial charge on any atom is 0.339 e. The number of hydrogen-bond donors (Lipinski definition) is 2. The van der Waals surface area contributed by atoms with Crippen LogP contribution in [0.15, 0.2) is 30.3 Å². The summed E-state index contributed by atoms with van der Waals surface area (Å²) < 4.78 is 0. The molecule has 0 bridgehead atoms. The van der Waals surface area contributed by atoms with Gasteiger partial charge in [0.2, 0.25) is 0 Å². The van der Waals surface area contributed by atoms with Crippen molar-refractivity contribution in [1.82, 2.24) is 0 Å². The minimum absolute atomic E-state index is 0.331. The Morgan fingerprint density at radius 2 is 1.64 bits per heavy atom. The second-order valence-electron chi connectivity index (χ2n) is 2.25. The number of carbonyl (C=O) groups excluding carboxylic acids is 1. The highest BCUT2D eigenvalue weighted by atomic mass is 17.1. The fourth-order valence-corrected chi connectivity index (χ4v) is 0.581. The van der Waals surface area contributed by atoms with Crippen LogP contribution >= 0.6 is 0 Å². The Kier molecular flexibility index (Phi) is 5.73. The van der Waals surface area contributed by atoms with Crippen molar-refractivity contribution in [3.05, 3.63) is 35.9 Å². The lowest BCUT2D eigenvalue weighted by molar-refractivity contribution is -0.231. The molecule has 0 heterocycles. The first kappa shape index (κ1) is 12.1. The second-order valence-corrected chi connectivity index (χ2v) is 2.25. The van der Waals surface area contributed by atoms with Gasteiger partial charge in [-0.25, -0.2) is 9.59 Å². The predicted octanol–water partition coefficient (Wildman–Crippen LogP) is 1.41. The SMILES string of the molecule is CC(=O)OO.O=C(O)c1ccccc1. The number of carboxylic acids is 1. The summed E-state index contributed by atoms with van der Waals surface area (Å²) in [7, 11) is 0. The fourth-order valence-electron chi connectivity index (χ4n) is 0.581. The van der Waals surface area contributed by atoms with Crippen molar-refractivity contribution in [3.8, 4) is 0 Å². The van der Waals surface area contributed by atoms with Crippen molar-refractivity contribution in [2.24, 2.45) is 0 Å². The molecule has 14 heavy (non-hydrogen) atoms. The minimum Gasteiger partial charge on any atom is -0.478 e. The van der Waals surface area contributed by atoms with Crippen molar-refractivity contribution < 1.29 is 24.8 Å². The Hall–Kier alpha value is -1.88. The summed E-state index contributed by atoms with van der Waals surface area (Å²) in [6.07, 6.45) is 0. The highest BCUT2D eigenvalue weighted by Crippen LogP contribution is 1.96. The van der Waals surface area contributed by atoms with E-state index in [2.05, 4.69) is 4.89 Å². The van der Waals surface area contributed by atoms with Crippen molar-refractivity contribution in [1.29, 1.82) is 0 Å². The highest BCUT2D eigenvalue weighted by molar-refractivity contribution is 5.87. The van der Waals surface area contributed by atoms with Gasteiger partial charge in [0.15, 0.2) is 0 Å². The predicted molar refractivity (Wildman–Crippen MR) is 47.8 cm³/mol. The topological polar surface area (TPSA) is 83.8 Å². The van der Waals surface area contributed by atoms with Crippen LogP contribution in [0.5, 0.6) is 0 Å². The van der Waals surface area contributed by atoms with Crippen molar-refractivity contribution in [2.45, 2.75) is 6.92 Å². The standard InChI is InChI=1S/C7H6O2.C2H4O3/c8-7(9)6-4-2-1-3-5-6;1-2(3)5-4/h1-5H,(H,8,9);4H,1H3. The normalized spacial score (nSPS) is 8.14. The molecule has 0 unspecified atom stereocenters. The van der Waals surface area contributed by atoms with Crippen LogP contribution in [0.4, 0.5) is 0 Å². The Morgan fingerprint density at radius 1 is 1.21 bits per heavy atom. The van der Waals surface area contributed by atoms with Gasteiger partial charge in [-0.1, -0.05) is 18.2 Å². The van der Waals surface area contributed by atoms with Crippen LogP contribution in [0.3, 0.4) is 0 Å². The molecule has 0 spiro atoms. The largest absolute Gasteiger partial charge is 0.478 e. The van der Waals surface area contributed by atoms with Gasteiger partial charge in [0.1, 0.15) is 0 Å². The van der Waals surface area contributed by atoms with Gasteiger partial charge in [-0.05, 0) is 12.1 Å². The van der Waals surface area contributed by atoms with Gasteiger partial charge < -0.3 is 9.99 Å². The van der Waals surface area contributed by atoms with E-state index < -0.39 is 11.9 Å². The van der Waals surface area contributed by atoms with Crippen LogP contribution in [0, 0.1) is 0 Å². The van der Waals surface area contributed by atoms with Crippen LogP contribution in [0.25, 0.3) is 0 Å². The smallest absolute Gasteiger partial charge is 0.339 e. The first-order valence-corrected chi connectivity index (χ1v) is 3.68. The number of rotatable bonds is 1. The molecule has 0 aliphatic heterocycles. The van der Waals surface area contributed by atoms with E-state index in [1.54, 1.807) is 30.3 Å². The first-order valence-electron chi connectivity index (χ1n) is 3.68. The Balaban J connectivity index is 0.000000292. The number of hydrogen-bond acceptors (Lipinski definition) is 4. The van der Waals surface area contributed by atoms with Crippen LogP contribution in [0.2, 0.25) is 0 Å². The summed E-state index contributed by atoms with van der Waals surface area (Å²) in [5.41, 5.74) is 0.331. The zero-order valence-electron chi connectivity index (χ0n) is 7.51. The third kappa shape index (κ3) is 5.73. The van der Waals surface area contributed by atoms with E-state index in [0.717, 1.165) is 6.92 Å². The maximum atomic E-state index is 10.2. The Morgan fingerprint density at radius 3 is 1.86 bits per heavy atom. The monoisotopic (exact) mass is 198 g/mol. The zero-order valence-corrected chi connectivity index (χ0v) is 7.51. The zero-order chi connectivity index (χ0) is 11.0. The van der Waals surface area contributed by atoms with Gasteiger partial charge in [-0.3, -0.25) is 0 Å². The molecule has 1 rings (SSSR count). The van der Waals surface area contributed by atoms with Gasteiger partial charge in [-0.15, -0.1) is 0 Å². The molecule has 0 atom stereocenters. The molecular weight excluding hydrogens is 188 g/mol. The summed E-state index contributed by atoms with van der Waals surface area (Å²) in [6.45, 7) is 1.11. The summed E-state index contributed by atoms with van der Waals surface area (Å²) in [6, 6.07) is 8.30. The van der Waals surface area contributed by atoms with Gasteiger partial charge in [0, 0.05) is 6.92 Å². The van der Waals surface area contributed by atoms with E-state index in [1.807, 2.05) is 0 Å². The van der Waals surface area contributed by atoms with Crippen LogP contribution < -0.4 is 0 Å². The van der Waals surface area contributed by atoms with E-state index in [-0.39, 0.29) is 0 Å². The van der Waals surface area contributed by atoms with E-state index >= 15 is 0 Å². The summed E-state index contributed by atoms with van der Waals surface area (Å²) in [5, 5.41) is 15.7. The van der Waals surface area contributed by atoms with Crippen molar-refractivity contribution >= 4 is 11.9 Å². The van der Waals surface area contributed by atoms with E-state index in [1.165, 1.54) is 0 Å². The molecule has 0 fully saturated rings.